The number of ether oxygens (including phenoxy) is 1. The lowest BCUT2D eigenvalue weighted by atomic mass is 10.2. The lowest BCUT2D eigenvalue weighted by Gasteiger charge is -2.14. The SMILES string of the molecule is CCNC(=O)NC(=O)C(C)OC(=O)c1cccnc1Sc1cc(C)ccc1C. The van der Waals surface area contributed by atoms with Crippen LogP contribution in [0.3, 0.4) is 0 Å². The van der Waals surface area contributed by atoms with Crippen LogP contribution in [0, 0.1) is 13.8 Å². The van der Waals surface area contributed by atoms with Crippen molar-refractivity contribution in [2.45, 2.75) is 43.7 Å². The minimum Gasteiger partial charge on any atom is -0.449 e. The van der Waals surface area contributed by atoms with Gasteiger partial charge < -0.3 is 10.1 Å². The van der Waals surface area contributed by atoms with Gasteiger partial charge in [-0.3, -0.25) is 10.1 Å². The van der Waals surface area contributed by atoms with Crippen LogP contribution in [0.25, 0.3) is 0 Å². The average Bonchev–Trinajstić information content (AvgIpc) is 2.65. The third-order valence-electron chi connectivity index (χ3n) is 3.77. The number of imide groups is 1. The molecule has 0 spiro atoms. The summed E-state index contributed by atoms with van der Waals surface area (Å²) in [6.07, 6.45) is 0.462. The van der Waals surface area contributed by atoms with Gasteiger partial charge in [-0.05, 0) is 57.0 Å². The molecule has 148 valence electrons. The molecule has 1 unspecified atom stereocenters. The van der Waals surface area contributed by atoms with Gasteiger partial charge in [0.25, 0.3) is 5.91 Å². The van der Waals surface area contributed by atoms with Crippen molar-refractivity contribution in [2.24, 2.45) is 0 Å². The number of rotatable bonds is 6. The number of hydrogen-bond donors (Lipinski definition) is 2. The van der Waals surface area contributed by atoms with E-state index in [1.54, 1.807) is 25.3 Å². The first kappa shape index (κ1) is 21.4. The fourth-order valence-electron chi connectivity index (χ4n) is 2.24. The predicted octanol–water partition coefficient (Wildman–Crippen LogP) is 3.24. The smallest absolute Gasteiger partial charge is 0.341 e. The van der Waals surface area contributed by atoms with E-state index in [9.17, 15) is 14.4 Å². The lowest BCUT2D eigenvalue weighted by molar-refractivity contribution is -0.127. The Balaban J connectivity index is 2.13. The quantitative estimate of drug-likeness (QED) is 0.721. The van der Waals surface area contributed by atoms with Gasteiger partial charge in [-0.1, -0.05) is 23.9 Å². The van der Waals surface area contributed by atoms with E-state index in [0.717, 1.165) is 16.0 Å². The predicted molar refractivity (Wildman–Crippen MR) is 106 cm³/mol. The van der Waals surface area contributed by atoms with E-state index in [-0.39, 0.29) is 5.56 Å². The number of esters is 1. The average molecular weight is 401 g/mol. The Morgan fingerprint density at radius 2 is 1.96 bits per heavy atom. The summed E-state index contributed by atoms with van der Waals surface area (Å²) in [5.74, 6) is -1.38. The molecule has 0 saturated carbocycles. The van der Waals surface area contributed by atoms with Gasteiger partial charge in [0.05, 0.1) is 5.56 Å². The topological polar surface area (TPSA) is 97.4 Å². The summed E-state index contributed by atoms with van der Waals surface area (Å²) < 4.78 is 5.23. The van der Waals surface area contributed by atoms with Gasteiger partial charge in [-0.15, -0.1) is 0 Å². The van der Waals surface area contributed by atoms with E-state index in [4.69, 9.17) is 4.74 Å². The van der Waals surface area contributed by atoms with Crippen molar-refractivity contribution in [2.75, 3.05) is 6.54 Å². The van der Waals surface area contributed by atoms with Crippen molar-refractivity contribution < 1.29 is 19.1 Å². The number of pyridine rings is 1. The molecular weight excluding hydrogens is 378 g/mol. The number of carbonyl (C=O) groups excluding carboxylic acids is 3. The van der Waals surface area contributed by atoms with Gasteiger partial charge in [0, 0.05) is 17.6 Å². The second-order valence-electron chi connectivity index (χ2n) is 6.12. The molecule has 1 aromatic carbocycles. The molecule has 0 bridgehead atoms. The van der Waals surface area contributed by atoms with E-state index < -0.39 is 24.0 Å². The van der Waals surface area contributed by atoms with Crippen LogP contribution >= 0.6 is 11.8 Å². The van der Waals surface area contributed by atoms with Crippen LogP contribution in [0.4, 0.5) is 4.79 Å². The number of nitrogens with zero attached hydrogens (tertiary/aromatic N) is 1. The molecule has 2 N–H and O–H groups in total. The molecule has 1 heterocycles. The number of amides is 3. The third-order valence-corrected chi connectivity index (χ3v) is 4.95. The summed E-state index contributed by atoms with van der Waals surface area (Å²) in [6, 6.07) is 8.63. The minimum absolute atomic E-state index is 0.256. The molecule has 2 rings (SSSR count). The Hall–Kier alpha value is -2.87. The largest absolute Gasteiger partial charge is 0.449 e. The van der Waals surface area contributed by atoms with Crippen molar-refractivity contribution in [3.63, 3.8) is 0 Å². The van der Waals surface area contributed by atoms with Crippen LogP contribution in [0.1, 0.15) is 35.3 Å². The summed E-state index contributed by atoms with van der Waals surface area (Å²) >= 11 is 1.36. The molecule has 0 aliphatic carbocycles. The van der Waals surface area contributed by atoms with Gasteiger partial charge in [0.1, 0.15) is 5.03 Å². The molecule has 2 aromatic rings. The number of aromatic nitrogens is 1. The highest BCUT2D eigenvalue weighted by Crippen LogP contribution is 2.32. The van der Waals surface area contributed by atoms with E-state index in [1.807, 2.05) is 32.0 Å². The lowest BCUT2D eigenvalue weighted by Crippen LogP contribution is -2.44. The number of benzene rings is 1. The van der Waals surface area contributed by atoms with Gasteiger partial charge in [0.15, 0.2) is 6.10 Å². The molecule has 1 aromatic heterocycles. The van der Waals surface area contributed by atoms with Crippen LogP contribution in [-0.2, 0) is 9.53 Å². The maximum absolute atomic E-state index is 12.6. The Labute approximate surface area is 168 Å². The zero-order chi connectivity index (χ0) is 20.7. The number of carbonyl (C=O) groups is 3. The van der Waals surface area contributed by atoms with Crippen molar-refractivity contribution >= 4 is 29.7 Å². The highest BCUT2D eigenvalue weighted by atomic mass is 32.2. The van der Waals surface area contributed by atoms with Crippen molar-refractivity contribution in [3.8, 4) is 0 Å². The molecule has 0 aliphatic rings. The highest BCUT2D eigenvalue weighted by Gasteiger charge is 2.23. The van der Waals surface area contributed by atoms with Gasteiger partial charge in [0.2, 0.25) is 0 Å². The Kier molecular flexibility index (Phi) is 7.57. The molecule has 3 amide bonds. The summed E-state index contributed by atoms with van der Waals surface area (Å²) in [6.45, 7) is 7.48. The summed E-state index contributed by atoms with van der Waals surface area (Å²) in [7, 11) is 0. The van der Waals surface area contributed by atoms with Crippen LogP contribution in [0.5, 0.6) is 0 Å². The molecule has 7 nitrogen and oxygen atoms in total. The second kappa shape index (κ2) is 9.89. The van der Waals surface area contributed by atoms with Crippen LogP contribution < -0.4 is 10.6 Å². The molecule has 0 radical (unpaired) electrons. The highest BCUT2D eigenvalue weighted by molar-refractivity contribution is 7.99. The standard InChI is InChI=1S/C20H23N3O4S/c1-5-21-20(26)23-17(24)14(4)27-19(25)15-7-6-10-22-18(15)28-16-11-12(2)8-9-13(16)3/h6-11,14H,5H2,1-4H3,(H2,21,23,24,26). The van der Waals surface area contributed by atoms with Gasteiger partial charge in [-0.25, -0.2) is 14.6 Å². The molecule has 0 saturated heterocycles. The molecule has 0 aliphatic heterocycles. The zero-order valence-electron chi connectivity index (χ0n) is 16.2. The van der Waals surface area contributed by atoms with E-state index in [0.29, 0.717) is 11.6 Å². The zero-order valence-corrected chi connectivity index (χ0v) is 17.1. The molecule has 0 fully saturated rings. The number of hydrogen-bond acceptors (Lipinski definition) is 6. The van der Waals surface area contributed by atoms with Gasteiger partial charge >= 0.3 is 12.0 Å². The minimum atomic E-state index is -1.13. The van der Waals surface area contributed by atoms with E-state index in [1.165, 1.54) is 18.7 Å². The summed E-state index contributed by atoms with van der Waals surface area (Å²) in [5, 5.41) is 5.04. The first-order valence-corrected chi connectivity index (χ1v) is 9.63. The molecular formula is C20H23N3O4S. The monoisotopic (exact) mass is 401 g/mol. The second-order valence-corrected chi connectivity index (χ2v) is 7.15. The summed E-state index contributed by atoms with van der Waals surface area (Å²) in [5.41, 5.74) is 2.42. The molecule has 8 heteroatoms. The maximum Gasteiger partial charge on any atom is 0.341 e. The van der Waals surface area contributed by atoms with Crippen molar-refractivity contribution in [3.05, 3.63) is 53.2 Å². The Bertz CT molecular complexity index is 886. The number of urea groups is 1. The third kappa shape index (κ3) is 5.82. The first-order chi connectivity index (χ1) is 13.3. The normalized spacial score (nSPS) is 11.4. The Morgan fingerprint density at radius 1 is 1.21 bits per heavy atom. The van der Waals surface area contributed by atoms with Crippen LogP contribution in [0.15, 0.2) is 46.5 Å². The summed E-state index contributed by atoms with van der Waals surface area (Å²) in [4.78, 5) is 41.3. The first-order valence-electron chi connectivity index (χ1n) is 8.81. The van der Waals surface area contributed by atoms with Gasteiger partial charge in [-0.2, -0.15) is 0 Å². The van der Waals surface area contributed by atoms with Crippen molar-refractivity contribution in [1.82, 2.24) is 15.6 Å². The molecule has 1 atom stereocenters. The maximum atomic E-state index is 12.6. The van der Waals surface area contributed by atoms with Crippen LogP contribution in [-0.4, -0.2) is 35.5 Å². The van der Waals surface area contributed by atoms with E-state index in [2.05, 4.69) is 15.6 Å². The number of nitrogens with one attached hydrogen (secondary N) is 2. The van der Waals surface area contributed by atoms with Crippen LogP contribution in [0.2, 0.25) is 0 Å². The Morgan fingerprint density at radius 3 is 2.68 bits per heavy atom. The fraction of sp³-hybridized carbons (Fsp3) is 0.300. The fourth-order valence-corrected chi connectivity index (χ4v) is 3.30. The van der Waals surface area contributed by atoms with Crippen molar-refractivity contribution in [1.29, 1.82) is 0 Å². The number of aryl methyl sites for hydroxylation is 2. The van der Waals surface area contributed by atoms with E-state index >= 15 is 0 Å². The molecule has 28 heavy (non-hydrogen) atoms.